The molecular weight excluding hydrogens is 867 g/mol. The molecule has 0 saturated carbocycles. The van der Waals surface area contributed by atoms with Crippen LogP contribution in [0.1, 0.15) is 44.5 Å². The van der Waals surface area contributed by atoms with Gasteiger partial charge in [-0.2, -0.15) is 0 Å². The lowest BCUT2D eigenvalue weighted by Gasteiger charge is -2.39. The van der Waals surface area contributed by atoms with E-state index in [0.29, 0.717) is 0 Å². The van der Waals surface area contributed by atoms with E-state index in [0.717, 1.165) is 58.1 Å². The largest absolute Gasteiger partial charge is 0.457 e. The molecule has 0 N–H and O–H groups in total. The molecule has 0 bridgehead atoms. The van der Waals surface area contributed by atoms with Gasteiger partial charge in [-0.15, -0.1) is 0 Å². The van der Waals surface area contributed by atoms with Crippen molar-refractivity contribution in [2.45, 2.75) is 28.0 Å². The second-order valence-corrected chi connectivity index (χ2v) is 19.8. The molecule has 0 aromatic heterocycles. The Morgan fingerprint density at radius 1 is 0.371 bits per heavy atom. The van der Waals surface area contributed by atoms with E-state index in [2.05, 4.69) is 254 Å². The fourth-order valence-corrected chi connectivity index (χ4v) is 12.9. The molecule has 3 aliphatic rings. The van der Waals surface area contributed by atoms with Crippen LogP contribution in [-0.4, -0.2) is 0 Å². The monoisotopic (exact) mass is 911 g/mol. The van der Waals surface area contributed by atoms with Gasteiger partial charge in [0, 0.05) is 37.9 Å². The van der Waals surface area contributed by atoms with Gasteiger partial charge in [-0.3, -0.25) is 0 Å². The molecule has 70 heavy (non-hydrogen) atoms. The third-order valence-corrected chi connectivity index (χ3v) is 16.1. The van der Waals surface area contributed by atoms with E-state index in [9.17, 15) is 0 Å². The summed E-state index contributed by atoms with van der Waals surface area (Å²) >= 11 is 1.89. The molecule has 1 aliphatic carbocycles. The maximum atomic E-state index is 6.76. The van der Waals surface area contributed by atoms with Crippen molar-refractivity contribution in [3.8, 4) is 44.9 Å². The lowest BCUT2D eigenvalue weighted by molar-refractivity contribution is 0.436. The van der Waals surface area contributed by atoms with Crippen LogP contribution in [0.3, 0.4) is 0 Å². The van der Waals surface area contributed by atoms with Gasteiger partial charge in [0.25, 0.3) is 0 Å². The Balaban J connectivity index is 1.06. The van der Waals surface area contributed by atoms with Gasteiger partial charge in [0.2, 0.25) is 0 Å². The van der Waals surface area contributed by atoms with Crippen LogP contribution in [0.15, 0.2) is 259 Å². The van der Waals surface area contributed by atoms with Crippen LogP contribution in [0.5, 0.6) is 11.5 Å². The summed E-state index contributed by atoms with van der Waals surface area (Å²) in [6.07, 6.45) is 1.61. The van der Waals surface area contributed by atoms with Crippen molar-refractivity contribution < 1.29 is 4.74 Å². The fourth-order valence-electron chi connectivity index (χ4n) is 11.8. The summed E-state index contributed by atoms with van der Waals surface area (Å²) < 4.78 is 6.76. The van der Waals surface area contributed by atoms with Crippen molar-refractivity contribution in [3.63, 3.8) is 0 Å². The molecule has 1 spiro atoms. The standard InChI is InChI=1S/C67H45NOS/c1-2-18-44(19-3-1)52-23-9-13-29-61(52)68(51-38-39-55-54-25-8-10-26-57(54)67(60(55)43-51)58-27-11-14-30-62(58)69-63-31-15-12-28-59(63)67)50-37-36-46-40-47-21-5-16-32-64(47)70-65-33-17-6-22-48(65)41-49-35-34-45-20-4-7-24-53(45)66(49)56(46)42-50/h1-39,42-43H,40-41H2. The molecule has 0 amide bonds. The van der Waals surface area contributed by atoms with Gasteiger partial charge in [0.1, 0.15) is 11.5 Å². The molecule has 11 aromatic rings. The van der Waals surface area contributed by atoms with E-state index >= 15 is 0 Å². The van der Waals surface area contributed by atoms with Crippen LogP contribution in [0.4, 0.5) is 17.1 Å². The van der Waals surface area contributed by atoms with Gasteiger partial charge in [0.15, 0.2) is 0 Å². The molecule has 14 rings (SSSR count). The number of fused-ring (bicyclic) bond motifs is 16. The molecule has 0 atom stereocenters. The zero-order chi connectivity index (χ0) is 46.2. The van der Waals surface area contributed by atoms with E-state index in [1.165, 1.54) is 81.8 Å². The number of ether oxygens (including phenoxy) is 1. The zero-order valence-corrected chi connectivity index (χ0v) is 39.2. The van der Waals surface area contributed by atoms with E-state index < -0.39 is 5.41 Å². The van der Waals surface area contributed by atoms with Crippen LogP contribution in [0, 0.1) is 0 Å². The first-order valence-corrected chi connectivity index (χ1v) is 25.1. The summed E-state index contributed by atoms with van der Waals surface area (Å²) in [7, 11) is 0. The SMILES string of the molecule is c1ccc(-c2ccccc2N(c2ccc3c(c2)-c2c(ccc4ccccc24)Cc2ccccc2Sc2ccccc2C3)c2ccc3c(c2)C2(c4ccccc4Oc4ccccc42)c2ccccc2-3)cc1. The minimum absolute atomic E-state index is 0.612. The van der Waals surface area contributed by atoms with Crippen molar-refractivity contribution in [1.82, 2.24) is 0 Å². The molecule has 3 heteroatoms. The Morgan fingerprint density at radius 3 is 1.70 bits per heavy atom. The highest BCUT2D eigenvalue weighted by molar-refractivity contribution is 7.99. The number of hydrogen-bond acceptors (Lipinski definition) is 3. The average molecular weight is 912 g/mol. The van der Waals surface area contributed by atoms with Gasteiger partial charge in [0.05, 0.1) is 11.1 Å². The van der Waals surface area contributed by atoms with Crippen molar-refractivity contribution in [1.29, 1.82) is 0 Å². The minimum atomic E-state index is -0.612. The molecule has 2 heterocycles. The topological polar surface area (TPSA) is 12.5 Å². The number of anilines is 3. The molecule has 0 saturated heterocycles. The molecule has 2 aliphatic heterocycles. The van der Waals surface area contributed by atoms with Gasteiger partial charge in [-0.25, -0.2) is 0 Å². The molecule has 0 fully saturated rings. The Morgan fingerprint density at radius 2 is 0.929 bits per heavy atom. The third kappa shape index (κ3) is 6.35. The van der Waals surface area contributed by atoms with Crippen LogP contribution >= 0.6 is 11.8 Å². The summed E-state index contributed by atoms with van der Waals surface area (Å²) in [6.45, 7) is 0. The maximum absolute atomic E-state index is 6.76. The zero-order valence-electron chi connectivity index (χ0n) is 38.3. The van der Waals surface area contributed by atoms with E-state index in [1.54, 1.807) is 0 Å². The molecular formula is C67H45NOS. The van der Waals surface area contributed by atoms with Crippen LogP contribution in [-0.2, 0) is 18.3 Å². The number of hydrogen-bond donors (Lipinski definition) is 0. The lowest BCUT2D eigenvalue weighted by Crippen LogP contribution is -2.32. The summed E-state index contributed by atoms with van der Waals surface area (Å²) in [5.41, 5.74) is 20.1. The van der Waals surface area contributed by atoms with Gasteiger partial charge < -0.3 is 9.64 Å². The summed E-state index contributed by atoms with van der Waals surface area (Å²) in [6, 6.07) is 92.1. The first-order chi connectivity index (χ1) is 34.7. The highest BCUT2D eigenvalue weighted by atomic mass is 32.2. The Bertz CT molecular complexity index is 3830. The van der Waals surface area contributed by atoms with Crippen LogP contribution in [0.2, 0.25) is 0 Å². The van der Waals surface area contributed by atoms with Crippen molar-refractivity contribution in [2.24, 2.45) is 0 Å². The number of nitrogens with zero attached hydrogens (tertiary/aromatic N) is 1. The number of rotatable bonds is 4. The predicted octanol–water partition coefficient (Wildman–Crippen LogP) is 17.8. The fraction of sp³-hybridized carbons (Fsp3) is 0.0448. The van der Waals surface area contributed by atoms with E-state index in [-0.39, 0.29) is 0 Å². The highest BCUT2D eigenvalue weighted by Gasteiger charge is 2.51. The third-order valence-electron chi connectivity index (χ3n) is 14.9. The molecule has 330 valence electrons. The smallest absolute Gasteiger partial charge is 0.132 e. The van der Waals surface area contributed by atoms with Crippen LogP contribution in [0.25, 0.3) is 44.2 Å². The summed E-state index contributed by atoms with van der Waals surface area (Å²) in [5, 5.41) is 2.50. The maximum Gasteiger partial charge on any atom is 0.132 e. The summed E-state index contributed by atoms with van der Waals surface area (Å²) in [4.78, 5) is 5.12. The van der Waals surface area contributed by atoms with Gasteiger partial charge in [-0.1, -0.05) is 206 Å². The highest BCUT2D eigenvalue weighted by Crippen LogP contribution is 2.63. The van der Waals surface area contributed by atoms with Gasteiger partial charge >= 0.3 is 0 Å². The normalized spacial score (nSPS) is 13.5. The molecule has 2 nitrogen and oxygen atoms in total. The van der Waals surface area contributed by atoms with Crippen molar-refractivity contribution >= 4 is 39.6 Å². The molecule has 11 aromatic carbocycles. The Labute approximate surface area is 413 Å². The van der Waals surface area contributed by atoms with E-state index in [1.807, 2.05) is 11.8 Å². The second kappa shape index (κ2) is 16.4. The first-order valence-electron chi connectivity index (χ1n) is 24.2. The quantitative estimate of drug-likeness (QED) is 0.175. The first kappa shape index (κ1) is 40.7. The van der Waals surface area contributed by atoms with E-state index in [4.69, 9.17) is 4.74 Å². The number of benzene rings is 11. The lowest BCUT2D eigenvalue weighted by atomic mass is 9.66. The number of para-hydroxylation sites is 3. The minimum Gasteiger partial charge on any atom is -0.457 e. The van der Waals surface area contributed by atoms with Crippen molar-refractivity contribution in [3.05, 3.63) is 293 Å². The molecule has 0 unspecified atom stereocenters. The van der Waals surface area contributed by atoms with Gasteiger partial charge in [-0.05, 0) is 139 Å². The molecule has 0 radical (unpaired) electrons. The summed E-state index contributed by atoms with van der Waals surface area (Å²) in [5.74, 6) is 1.77. The Kier molecular flexibility index (Phi) is 9.53. The van der Waals surface area contributed by atoms with Crippen LogP contribution < -0.4 is 9.64 Å². The predicted molar refractivity (Wildman–Crippen MR) is 290 cm³/mol. The second-order valence-electron chi connectivity index (χ2n) is 18.7. The average Bonchev–Trinajstić information content (AvgIpc) is 3.69. The van der Waals surface area contributed by atoms with Crippen molar-refractivity contribution in [2.75, 3.05) is 4.90 Å². The Hall–Kier alpha value is -8.37.